The maximum atomic E-state index is 2.50. The number of benzene rings is 9. The van der Waals surface area contributed by atoms with Gasteiger partial charge in [0.25, 0.3) is 0 Å². The third kappa shape index (κ3) is 5.37. The van der Waals surface area contributed by atoms with Gasteiger partial charge >= 0.3 is 0 Å². The third-order valence-corrected chi connectivity index (χ3v) is 12.8. The molecule has 0 fully saturated rings. The van der Waals surface area contributed by atoms with Crippen molar-refractivity contribution in [2.75, 3.05) is 4.90 Å². The first-order valence-electron chi connectivity index (χ1n) is 19.6. The van der Waals surface area contributed by atoms with Crippen molar-refractivity contribution in [1.29, 1.82) is 0 Å². The standard InChI is InChI=1S/C55H37NS/c1-5-18-38(19-6-1)40-34-41(39-20-7-2-8-21-39)36-45(35-40)56(44-24-11-4-12-25-44)51-30-17-31-53-54(51)48-37-43(32-33-52(48)57-53)55(42-22-9-3-10-23-42)49-28-15-13-26-46(49)47-27-14-16-29-50(47)55/h1-37H. The van der Waals surface area contributed by atoms with Crippen LogP contribution in [0.3, 0.4) is 0 Å². The van der Waals surface area contributed by atoms with Gasteiger partial charge < -0.3 is 4.90 Å². The van der Waals surface area contributed by atoms with E-state index < -0.39 is 5.41 Å². The predicted molar refractivity (Wildman–Crippen MR) is 242 cm³/mol. The van der Waals surface area contributed by atoms with Gasteiger partial charge in [-0.2, -0.15) is 0 Å². The van der Waals surface area contributed by atoms with Gasteiger partial charge in [0.15, 0.2) is 0 Å². The van der Waals surface area contributed by atoms with E-state index in [0.29, 0.717) is 0 Å². The van der Waals surface area contributed by atoms with Crippen LogP contribution in [0, 0.1) is 0 Å². The summed E-state index contributed by atoms with van der Waals surface area (Å²) in [5.74, 6) is 0. The zero-order valence-corrected chi connectivity index (χ0v) is 32.0. The molecule has 1 heterocycles. The Hall–Kier alpha value is -7.00. The van der Waals surface area contributed by atoms with Crippen molar-refractivity contribution < 1.29 is 0 Å². The molecule has 2 heteroatoms. The summed E-state index contributed by atoms with van der Waals surface area (Å²) in [6.45, 7) is 0. The number of fused-ring (bicyclic) bond motifs is 6. The average Bonchev–Trinajstić information content (AvgIpc) is 3.82. The summed E-state index contributed by atoms with van der Waals surface area (Å²) in [5.41, 5.74) is 15.5. The Morgan fingerprint density at radius 3 is 1.51 bits per heavy atom. The molecule has 0 atom stereocenters. The summed E-state index contributed by atoms with van der Waals surface area (Å²) in [4.78, 5) is 2.47. The van der Waals surface area contributed by atoms with Gasteiger partial charge in [-0.3, -0.25) is 0 Å². The van der Waals surface area contributed by atoms with Gasteiger partial charge in [-0.05, 0) is 110 Å². The Bertz CT molecular complexity index is 2950. The van der Waals surface area contributed by atoms with Crippen LogP contribution in [0.15, 0.2) is 224 Å². The first kappa shape index (κ1) is 33.3. The van der Waals surface area contributed by atoms with Crippen LogP contribution >= 0.6 is 11.3 Å². The fourth-order valence-corrected chi connectivity index (χ4v) is 10.4. The lowest BCUT2D eigenvalue weighted by molar-refractivity contribution is 0.770. The molecule has 1 aliphatic carbocycles. The van der Waals surface area contributed by atoms with Crippen LogP contribution in [0.1, 0.15) is 22.3 Å². The van der Waals surface area contributed by atoms with Crippen LogP contribution in [-0.2, 0) is 5.41 Å². The summed E-state index contributed by atoms with van der Waals surface area (Å²) in [6.07, 6.45) is 0. The Kier molecular flexibility index (Phi) is 7.98. The molecule has 0 spiro atoms. The van der Waals surface area contributed by atoms with Gasteiger partial charge in [-0.15, -0.1) is 11.3 Å². The quantitative estimate of drug-likeness (QED) is 0.157. The van der Waals surface area contributed by atoms with Gasteiger partial charge in [0.2, 0.25) is 0 Å². The Labute approximate surface area is 337 Å². The monoisotopic (exact) mass is 743 g/mol. The number of hydrogen-bond acceptors (Lipinski definition) is 2. The van der Waals surface area contributed by atoms with E-state index in [1.807, 2.05) is 11.3 Å². The summed E-state index contributed by atoms with van der Waals surface area (Å²) in [6, 6.07) is 82.5. The zero-order chi connectivity index (χ0) is 37.8. The van der Waals surface area contributed by atoms with Gasteiger partial charge in [0, 0.05) is 31.5 Å². The van der Waals surface area contributed by atoms with E-state index in [-0.39, 0.29) is 0 Å². The number of rotatable bonds is 7. The van der Waals surface area contributed by atoms with Crippen LogP contribution in [0.5, 0.6) is 0 Å². The topological polar surface area (TPSA) is 3.24 Å². The van der Waals surface area contributed by atoms with E-state index >= 15 is 0 Å². The fraction of sp³-hybridized carbons (Fsp3) is 0.0182. The normalized spacial score (nSPS) is 12.7. The van der Waals surface area contributed by atoms with E-state index in [1.165, 1.54) is 75.8 Å². The molecule has 9 aromatic carbocycles. The Balaban J connectivity index is 1.19. The van der Waals surface area contributed by atoms with Gasteiger partial charge in [0.1, 0.15) is 0 Å². The second-order valence-electron chi connectivity index (χ2n) is 14.8. The molecule has 0 amide bonds. The van der Waals surface area contributed by atoms with E-state index in [9.17, 15) is 0 Å². The lowest BCUT2D eigenvalue weighted by Crippen LogP contribution is -2.28. The molecule has 1 aromatic heterocycles. The fourth-order valence-electron chi connectivity index (χ4n) is 9.28. The van der Waals surface area contributed by atoms with Crippen molar-refractivity contribution >= 4 is 48.6 Å². The zero-order valence-electron chi connectivity index (χ0n) is 31.2. The molecule has 0 saturated carbocycles. The van der Waals surface area contributed by atoms with E-state index in [0.717, 1.165) is 17.1 Å². The highest BCUT2D eigenvalue weighted by Gasteiger charge is 2.46. The van der Waals surface area contributed by atoms with E-state index in [4.69, 9.17) is 0 Å². The minimum atomic E-state index is -0.473. The molecule has 0 saturated heterocycles. The van der Waals surface area contributed by atoms with Crippen LogP contribution in [0.2, 0.25) is 0 Å². The van der Waals surface area contributed by atoms with Crippen molar-refractivity contribution in [1.82, 2.24) is 0 Å². The van der Waals surface area contributed by atoms with Crippen LogP contribution in [0.25, 0.3) is 53.6 Å². The molecule has 0 radical (unpaired) electrons. The molecule has 1 aliphatic rings. The molecule has 0 unspecified atom stereocenters. The Morgan fingerprint density at radius 1 is 0.351 bits per heavy atom. The molecular formula is C55H37NS. The minimum Gasteiger partial charge on any atom is -0.310 e. The largest absolute Gasteiger partial charge is 0.310 e. The number of anilines is 3. The summed E-state index contributed by atoms with van der Waals surface area (Å²) in [7, 11) is 0. The SMILES string of the molecule is c1ccc(-c2cc(-c3ccccc3)cc(N(c3ccccc3)c3cccc4sc5ccc(C6(c7ccccc7)c7ccccc7-c7ccccc76)cc5c34)c2)cc1. The molecule has 0 bridgehead atoms. The number of para-hydroxylation sites is 1. The maximum absolute atomic E-state index is 2.50. The molecule has 0 aliphatic heterocycles. The lowest BCUT2D eigenvalue weighted by atomic mass is 9.67. The number of nitrogens with zero attached hydrogens (tertiary/aromatic N) is 1. The first-order valence-corrected chi connectivity index (χ1v) is 20.4. The average molecular weight is 744 g/mol. The third-order valence-electron chi connectivity index (χ3n) is 11.7. The molecule has 1 nitrogen and oxygen atoms in total. The van der Waals surface area contributed by atoms with Crippen molar-refractivity contribution in [3.05, 3.63) is 247 Å². The van der Waals surface area contributed by atoms with Gasteiger partial charge in [0.05, 0.1) is 11.1 Å². The molecule has 11 rings (SSSR count). The van der Waals surface area contributed by atoms with Crippen molar-refractivity contribution in [3.63, 3.8) is 0 Å². The van der Waals surface area contributed by atoms with E-state index in [2.05, 4.69) is 229 Å². The van der Waals surface area contributed by atoms with Crippen molar-refractivity contribution in [2.45, 2.75) is 5.41 Å². The highest BCUT2D eigenvalue weighted by molar-refractivity contribution is 7.26. The second kappa shape index (κ2) is 13.6. The van der Waals surface area contributed by atoms with Crippen LogP contribution in [0.4, 0.5) is 17.1 Å². The molecular weight excluding hydrogens is 707 g/mol. The van der Waals surface area contributed by atoms with Gasteiger partial charge in [-0.1, -0.05) is 170 Å². The summed E-state index contributed by atoms with van der Waals surface area (Å²) in [5, 5.41) is 2.53. The minimum absolute atomic E-state index is 0.473. The van der Waals surface area contributed by atoms with Crippen LogP contribution < -0.4 is 4.90 Å². The lowest BCUT2D eigenvalue weighted by Gasteiger charge is -2.34. The van der Waals surface area contributed by atoms with Crippen molar-refractivity contribution in [3.8, 4) is 33.4 Å². The smallest absolute Gasteiger partial charge is 0.0713 e. The summed E-state index contributed by atoms with van der Waals surface area (Å²) >= 11 is 1.87. The highest BCUT2D eigenvalue weighted by atomic mass is 32.1. The molecule has 10 aromatic rings. The van der Waals surface area contributed by atoms with Crippen molar-refractivity contribution in [2.24, 2.45) is 0 Å². The van der Waals surface area contributed by atoms with E-state index in [1.54, 1.807) is 0 Å². The van der Waals surface area contributed by atoms with Gasteiger partial charge in [-0.25, -0.2) is 0 Å². The maximum Gasteiger partial charge on any atom is 0.0713 e. The number of hydrogen-bond donors (Lipinski definition) is 0. The number of thiophene rings is 1. The highest BCUT2D eigenvalue weighted by Crippen LogP contribution is 2.57. The first-order chi connectivity index (χ1) is 28.3. The molecule has 57 heavy (non-hydrogen) atoms. The molecule has 268 valence electrons. The second-order valence-corrected chi connectivity index (χ2v) is 15.9. The summed E-state index contributed by atoms with van der Waals surface area (Å²) < 4.78 is 2.55. The predicted octanol–water partition coefficient (Wildman–Crippen LogP) is 15.2. The Morgan fingerprint density at radius 2 is 0.895 bits per heavy atom. The molecule has 0 N–H and O–H groups in total. The van der Waals surface area contributed by atoms with Crippen LogP contribution in [-0.4, -0.2) is 0 Å².